The van der Waals surface area contributed by atoms with Gasteiger partial charge in [0.25, 0.3) is 0 Å². The fourth-order valence-electron chi connectivity index (χ4n) is 3.11. The second-order valence-corrected chi connectivity index (χ2v) is 7.44. The molecule has 28 heavy (non-hydrogen) atoms. The number of hydrogen-bond acceptors (Lipinski definition) is 3. The number of carbonyl (C=O) groups is 1. The predicted octanol–water partition coefficient (Wildman–Crippen LogP) is 3.86. The molecule has 152 valence electrons. The van der Waals surface area contributed by atoms with Crippen molar-refractivity contribution in [3.8, 4) is 0 Å². The van der Waals surface area contributed by atoms with Crippen LogP contribution in [0.4, 0.5) is 13.2 Å². The molecule has 0 spiro atoms. The molecule has 0 aliphatic carbocycles. The van der Waals surface area contributed by atoms with Crippen molar-refractivity contribution in [3.05, 3.63) is 51.3 Å². The van der Waals surface area contributed by atoms with Crippen LogP contribution in [0.1, 0.15) is 17.0 Å². The van der Waals surface area contributed by atoms with Crippen LogP contribution in [0.5, 0.6) is 0 Å². The van der Waals surface area contributed by atoms with E-state index in [1.807, 2.05) is 24.3 Å². The molecule has 10 heteroatoms. The van der Waals surface area contributed by atoms with Gasteiger partial charge in [-0.25, -0.2) is 0 Å². The lowest BCUT2D eigenvalue weighted by Gasteiger charge is -2.35. The van der Waals surface area contributed by atoms with Crippen LogP contribution in [0.25, 0.3) is 0 Å². The molecule has 1 amide bonds. The Bertz CT molecular complexity index is 861. The Balaban J connectivity index is 1.58. The van der Waals surface area contributed by atoms with Crippen molar-refractivity contribution in [2.24, 2.45) is 0 Å². The lowest BCUT2D eigenvalue weighted by Crippen LogP contribution is -2.49. The molecule has 1 saturated heterocycles. The van der Waals surface area contributed by atoms with Crippen LogP contribution in [0.15, 0.2) is 24.3 Å². The molecule has 0 atom stereocenters. The first-order valence-corrected chi connectivity index (χ1v) is 9.46. The van der Waals surface area contributed by atoms with E-state index in [9.17, 15) is 18.0 Å². The SMILES string of the molecule is Cc1c(Cl)c(C(F)(F)F)nn1CC(=O)N1CCN(Cc2ccccc2Cl)CC1. The molecule has 1 aromatic carbocycles. The zero-order valence-electron chi connectivity index (χ0n) is 15.1. The van der Waals surface area contributed by atoms with Crippen LogP contribution >= 0.6 is 23.2 Å². The Morgan fingerprint density at radius 1 is 1.14 bits per heavy atom. The number of carbonyl (C=O) groups excluding carboxylic acids is 1. The molecular formula is C18H19Cl2F3N4O. The quantitative estimate of drug-likeness (QED) is 0.733. The van der Waals surface area contributed by atoms with E-state index >= 15 is 0 Å². The zero-order chi connectivity index (χ0) is 20.5. The van der Waals surface area contributed by atoms with Gasteiger partial charge in [0.2, 0.25) is 5.91 Å². The minimum Gasteiger partial charge on any atom is -0.339 e. The molecule has 5 nitrogen and oxygen atoms in total. The van der Waals surface area contributed by atoms with E-state index in [1.54, 1.807) is 4.90 Å². The monoisotopic (exact) mass is 434 g/mol. The first-order valence-electron chi connectivity index (χ1n) is 8.70. The summed E-state index contributed by atoms with van der Waals surface area (Å²) < 4.78 is 39.8. The molecule has 0 N–H and O–H groups in total. The molecule has 1 aliphatic rings. The number of alkyl halides is 3. The van der Waals surface area contributed by atoms with E-state index in [2.05, 4.69) is 10.00 Å². The number of hydrogen-bond donors (Lipinski definition) is 0. The average molecular weight is 435 g/mol. The number of aromatic nitrogens is 2. The lowest BCUT2D eigenvalue weighted by atomic mass is 10.2. The Hall–Kier alpha value is -1.77. The van der Waals surface area contributed by atoms with Gasteiger partial charge in [-0.05, 0) is 18.6 Å². The highest BCUT2D eigenvalue weighted by Gasteiger charge is 2.38. The Kier molecular flexibility index (Phi) is 6.21. The first kappa shape index (κ1) is 21.0. The van der Waals surface area contributed by atoms with E-state index in [0.717, 1.165) is 10.2 Å². The van der Waals surface area contributed by atoms with Gasteiger partial charge in [0.15, 0.2) is 5.69 Å². The summed E-state index contributed by atoms with van der Waals surface area (Å²) in [4.78, 5) is 16.3. The largest absolute Gasteiger partial charge is 0.436 e. The second-order valence-electron chi connectivity index (χ2n) is 6.65. The van der Waals surface area contributed by atoms with Crippen LogP contribution in [0.3, 0.4) is 0 Å². The lowest BCUT2D eigenvalue weighted by molar-refractivity contribution is -0.142. The molecular weight excluding hydrogens is 416 g/mol. The van der Waals surface area contributed by atoms with Crippen molar-refractivity contribution in [2.75, 3.05) is 26.2 Å². The predicted molar refractivity (Wildman–Crippen MR) is 100 cm³/mol. The fraction of sp³-hybridized carbons (Fsp3) is 0.444. The third kappa shape index (κ3) is 4.61. The summed E-state index contributed by atoms with van der Waals surface area (Å²) in [6.45, 7) is 4.12. The topological polar surface area (TPSA) is 41.4 Å². The number of amides is 1. The van der Waals surface area contributed by atoms with Gasteiger partial charge in [0, 0.05) is 37.7 Å². The van der Waals surface area contributed by atoms with E-state index in [-0.39, 0.29) is 18.1 Å². The molecule has 1 aliphatic heterocycles. The van der Waals surface area contributed by atoms with E-state index in [4.69, 9.17) is 23.2 Å². The molecule has 1 fully saturated rings. The fourth-order valence-corrected chi connectivity index (χ4v) is 3.55. The van der Waals surface area contributed by atoms with Gasteiger partial charge in [0.05, 0.1) is 10.7 Å². The number of halogens is 5. The summed E-state index contributed by atoms with van der Waals surface area (Å²) in [5.41, 5.74) is -0.0193. The Morgan fingerprint density at radius 2 is 1.79 bits per heavy atom. The number of rotatable bonds is 4. The maximum absolute atomic E-state index is 12.9. The molecule has 0 radical (unpaired) electrons. The van der Waals surface area contributed by atoms with Gasteiger partial charge >= 0.3 is 6.18 Å². The summed E-state index contributed by atoms with van der Waals surface area (Å²) in [5.74, 6) is -0.284. The Morgan fingerprint density at radius 3 is 2.36 bits per heavy atom. The smallest absolute Gasteiger partial charge is 0.339 e. The molecule has 3 rings (SSSR count). The maximum atomic E-state index is 12.9. The minimum atomic E-state index is -4.65. The molecule has 2 heterocycles. The van der Waals surface area contributed by atoms with Crippen molar-refractivity contribution in [3.63, 3.8) is 0 Å². The summed E-state index contributed by atoms with van der Waals surface area (Å²) in [6, 6.07) is 7.59. The summed E-state index contributed by atoms with van der Waals surface area (Å²) in [6.07, 6.45) is -4.65. The first-order chi connectivity index (χ1) is 13.2. The van der Waals surface area contributed by atoms with Crippen LogP contribution in [0.2, 0.25) is 10.0 Å². The highest BCUT2D eigenvalue weighted by molar-refractivity contribution is 6.32. The zero-order valence-corrected chi connectivity index (χ0v) is 16.7. The van der Waals surface area contributed by atoms with Gasteiger partial charge in [-0.1, -0.05) is 41.4 Å². The van der Waals surface area contributed by atoms with Crippen LogP contribution in [-0.4, -0.2) is 51.7 Å². The molecule has 0 saturated carbocycles. The van der Waals surface area contributed by atoms with Crippen LogP contribution < -0.4 is 0 Å². The molecule has 0 bridgehead atoms. The highest BCUT2D eigenvalue weighted by Crippen LogP contribution is 2.35. The van der Waals surface area contributed by atoms with Crippen molar-refractivity contribution in [2.45, 2.75) is 26.2 Å². The number of benzene rings is 1. The van der Waals surface area contributed by atoms with E-state index in [0.29, 0.717) is 37.7 Å². The highest BCUT2D eigenvalue weighted by atomic mass is 35.5. The Labute approximate surface area is 170 Å². The van der Waals surface area contributed by atoms with Crippen LogP contribution in [-0.2, 0) is 24.1 Å². The van der Waals surface area contributed by atoms with Crippen molar-refractivity contribution in [1.29, 1.82) is 0 Å². The third-order valence-electron chi connectivity index (χ3n) is 4.76. The third-order valence-corrected chi connectivity index (χ3v) is 5.58. The second kappa shape index (κ2) is 8.31. The van der Waals surface area contributed by atoms with Gasteiger partial charge in [-0.3, -0.25) is 14.4 Å². The normalized spacial score (nSPS) is 15.9. The van der Waals surface area contributed by atoms with Gasteiger partial charge < -0.3 is 4.90 Å². The van der Waals surface area contributed by atoms with Crippen molar-refractivity contribution < 1.29 is 18.0 Å². The minimum absolute atomic E-state index is 0.125. The summed E-state index contributed by atoms with van der Waals surface area (Å²) >= 11 is 11.9. The standard InChI is InChI=1S/C18H19Cl2F3N4O/c1-12-16(20)17(18(21,22)23)24-27(12)11-15(28)26-8-6-25(7-9-26)10-13-4-2-3-5-14(13)19/h2-5H,6-11H2,1H3. The van der Waals surface area contributed by atoms with Crippen molar-refractivity contribution in [1.82, 2.24) is 19.6 Å². The van der Waals surface area contributed by atoms with Gasteiger partial charge in [0.1, 0.15) is 6.54 Å². The molecule has 2 aromatic rings. The van der Waals surface area contributed by atoms with E-state index < -0.39 is 16.9 Å². The summed E-state index contributed by atoms with van der Waals surface area (Å²) in [7, 11) is 0. The number of nitrogens with zero attached hydrogens (tertiary/aromatic N) is 4. The molecule has 0 unspecified atom stereocenters. The van der Waals surface area contributed by atoms with Crippen molar-refractivity contribution >= 4 is 29.1 Å². The van der Waals surface area contributed by atoms with Gasteiger partial charge in [-0.15, -0.1) is 0 Å². The number of piperazine rings is 1. The van der Waals surface area contributed by atoms with Gasteiger partial charge in [-0.2, -0.15) is 18.3 Å². The van der Waals surface area contributed by atoms with Crippen LogP contribution in [0, 0.1) is 6.92 Å². The maximum Gasteiger partial charge on any atom is 0.436 e. The summed E-state index contributed by atoms with van der Waals surface area (Å²) in [5, 5.41) is 3.72. The molecule has 1 aromatic heterocycles. The average Bonchev–Trinajstić information content (AvgIpc) is 2.93. The van der Waals surface area contributed by atoms with E-state index in [1.165, 1.54) is 6.92 Å².